The van der Waals surface area contributed by atoms with E-state index in [4.69, 9.17) is 16.3 Å². The standard InChI is InChI=1S/C16H22ClNO3/c1-4-21-15(19)10-14(9-11(2)3)18-16(20)12-5-7-13(17)8-6-12/h5-8,11,14H,4,9-10H2,1-3H3,(H,18,20). The van der Waals surface area contributed by atoms with Crippen LogP contribution in [0, 0.1) is 5.92 Å². The maximum absolute atomic E-state index is 12.2. The maximum atomic E-state index is 12.2. The summed E-state index contributed by atoms with van der Waals surface area (Å²) in [4.78, 5) is 23.8. The number of amides is 1. The van der Waals surface area contributed by atoms with Crippen LogP contribution in [0.2, 0.25) is 5.02 Å². The van der Waals surface area contributed by atoms with E-state index in [1.807, 2.05) is 13.8 Å². The van der Waals surface area contributed by atoms with Crippen molar-refractivity contribution in [3.8, 4) is 0 Å². The Balaban J connectivity index is 2.68. The Bertz CT molecular complexity index is 471. The second-order valence-electron chi connectivity index (χ2n) is 5.32. The van der Waals surface area contributed by atoms with Crippen molar-refractivity contribution >= 4 is 23.5 Å². The third-order valence-corrected chi connectivity index (χ3v) is 3.17. The van der Waals surface area contributed by atoms with Gasteiger partial charge in [-0.1, -0.05) is 25.4 Å². The molecular weight excluding hydrogens is 290 g/mol. The van der Waals surface area contributed by atoms with Crippen LogP contribution >= 0.6 is 11.6 Å². The van der Waals surface area contributed by atoms with Gasteiger partial charge in [0.05, 0.1) is 13.0 Å². The van der Waals surface area contributed by atoms with Gasteiger partial charge in [-0.2, -0.15) is 0 Å². The predicted octanol–water partition coefficient (Wildman–Crippen LogP) is 3.44. The van der Waals surface area contributed by atoms with Crippen LogP contribution in [-0.2, 0) is 9.53 Å². The molecule has 21 heavy (non-hydrogen) atoms. The van der Waals surface area contributed by atoms with Gasteiger partial charge in [-0.3, -0.25) is 9.59 Å². The van der Waals surface area contributed by atoms with Crippen molar-refractivity contribution in [1.29, 1.82) is 0 Å². The fraction of sp³-hybridized carbons (Fsp3) is 0.500. The lowest BCUT2D eigenvalue weighted by atomic mass is 10.0. The molecule has 0 aliphatic carbocycles. The summed E-state index contributed by atoms with van der Waals surface area (Å²) in [5.41, 5.74) is 0.525. The molecule has 0 aliphatic rings. The summed E-state index contributed by atoms with van der Waals surface area (Å²) in [6.45, 7) is 6.21. The molecule has 0 fully saturated rings. The minimum atomic E-state index is -0.292. The first kappa shape index (κ1) is 17.5. The van der Waals surface area contributed by atoms with E-state index in [9.17, 15) is 9.59 Å². The SMILES string of the molecule is CCOC(=O)CC(CC(C)C)NC(=O)c1ccc(Cl)cc1. The van der Waals surface area contributed by atoms with E-state index >= 15 is 0 Å². The van der Waals surface area contributed by atoms with Crippen molar-refractivity contribution in [2.75, 3.05) is 6.61 Å². The Morgan fingerprint density at radius 2 is 1.86 bits per heavy atom. The molecule has 0 aliphatic heterocycles. The predicted molar refractivity (Wildman–Crippen MR) is 83.4 cm³/mol. The highest BCUT2D eigenvalue weighted by Crippen LogP contribution is 2.12. The van der Waals surface area contributed by atoms with Gasteiger partial charge in [0.1, 0.15) is 0 Å². The van der Waals surface area contributed by atoms with Crippen LogP contribution in [-0.4, -0.2) is 24.5 Å². The molecule has 0 spiro atoms. The lowest BCUT2D eigenvalue weighted by Crippen LogP contribution is -2.37. The minimum Gasteiger partial charge on any atom is -0.466 e. The molecule has 1 amide bonds. The third-order valence-electron chi connectivity index (χ3n) is 2.92. The van der Waals surface area contributed by atoms with Gasteiger partial charge >= 0.3 is 5.97 Å². The van der Waals surface area contributed by atoms with Gasteiger partial charge < -0.3 is 10.1 Å². The molecule has 0 radical (unpaired) electrons. The molecular formula is C16H22ClNO3. The number of rotatable bonds is 7. The molecule has 1 aromatic rings. The molecule has 4 nitrogen and oxygen atoms in total. The van der Waals surface area contributed by atoms with Crippen molar-refractivity contribution in [3.63, 3.8) is 0 Å². The average molecular weight is 312 g/mol. The number of ether oxygens (including phenoxy) is 1. The highest BCUT2D eigenvalue weighted by Gasteiger charge is 2.19. The first-order chi connectivity index (χ1) is 9.92. The first-order valence-electron chi connectivity index (χ1n) is 7.14. The van der Waals surface area contributed by atoms with E-state index in [1.165, 1.54) is 0 Å². The van der Waals surface area contributed by atoms with Gasteiger partial charge in [0, 0.05) is 16.6 Å². The number of nitrogens with one attached hydrogen (secondary N) is 1. The number of carbonyl (C=O) groups excluding carboxylic acids is 2. The summed E-state index contributed by atoms with van der Waals surface area (Å²) >= 11 is 5.80. The Hall–Kier alpha value is -1.55. The monoisotopic (exact) mass is 311 g/mol. The molecule has 0 saturated carbocycles. The van der Waals surface area contributed by atoms with Crippen LogP contribution < -0.4 is 5.32 Å². The summed E-state index contributed by atoms with van der Waals surface area (Å²) < 4.78 is 4.95. The lowest BCUT2D eigenvalue weighted by molar-refractivity contribution is -0.143. The maximum Gasteiger partial charge on any atom is 0.307 e. The average Bonchev–Trinajstić information content (AvgIpc) is 2.38. The number of hydrogen-bond acceptors (Lipinski definition) is 3. The van der Waals surface area contributed by atoms with E-state index in [2.05, 4.69) is 5.32 Å². The lowest BCUT2D eigenvalue weighted by Gasteiger charge is -2.20. The van der Waals surface area contributed by atoms with Crippen LogP contribution in [0.15, 0.2) is 24.3 Å². The quantitative estimate of drug-likeness (QED) is 0.785. The number of halogens is 1. The molecule has 0 aromatic heterocycles. The number of esters is 1. The Morgan fingerprint density at radius 1 is 1.24 bits per heavy atom. The summed E-state index contributed by atoms with van der Waals surface area (Å²) in [7, 11) is 0. The van der Waals surface area contributed by atoms with Gasteiger partial charge in [0.2, 0.25) is 0 Å². The molecule has 0 bridgehead atoms. The Morgan fingerprint density at radius 3 is 2.38 bits per heavy atom. The van der Waals surface area contributed by atoms with Gasteiger partial charge in [-0.25, -0.2) is 0 Å². The van der Waals surface area contributed by atoms with Crippen molar-refractivity contribution in [3.05, 3.63) is 34.9 Å². The minimum absolute atomic E-state index is 0.186. The molecule has 1 atom stereocenters. The Labute approximate surface area is 130 Å². The second kappa shape index (κ2) is 8.67. The summed E-state index contributed by atoms with van der Waals surface area (Å²) in [5.74, 6) is -0.129. The highest BCUT2D eigenvalue weighted by atomic mass is 35.5. The first-order valence-corrected chi connectivity index (χ1v) is 7.52. The fourth-order valence-corrected chi connectivity index (χ4v) is 2.18. The fourth-order valence-electron chi connectivity index (χ4n) is 2.05. The number of hydrogen-bond donors (Lipinski definition) is 1. The molecule has 1 aromatic carbocycles. The van der Waals surface area contributed by atoms with Crippen molar-refractivity contribution in [2.45, 2.75) is 39.7 Å². The number of carbonyl (C=O) groups is 2. The van der Waals surface area contributed by atoms with E-state index in [0.717, 1.165) is 6.42 Å². The largest absolute Gasteiger partial charge is 0.466 e. The summed E-state index contributed by atoms with van der Waals surface area (Å²) in [5, 5.41) is 3.47. The molecule has 0 heterocycles. The zero-order valence-corrected chi connectivity index (χ0v) is 13.4. The zero-order valence-electron chi connectivity index (χ0n) is 12.7. The van der Waals surface area contributed by atoms with Gasteiger partial charge in [-0.05, 0) is 43.5 Å². The summed E-state index contributed by atoms with van der Waals surface area (Å²) in [6, 6.07) is 6.42. The van der Waals surface area contributed by atoms with Crippen LogP contribution in [0.3, 0.4) is 0 Å². The third kappa shape index (κ3) is 6.63. The van der Waals surface area contributed by atoms with Crippen LogP contribution in [0.25, 0.3) is 0 Å². The van der Waals surface area contributed by atoms with E-state index in [0.29, 0.717) is 23.1 Å². The van der Waals surface area contributed by atoms with Gasteiger partial charge in [-0.15, -0.1) is 0 Å². The van der Waals surface area contributed by atoms with Crippen LogP contribution in [0.5, 0.6) is 0 Å². The van der Waals surface area contributed by atoms with Crippen LogP contribution in [0.1, 0.15) is 44.0 Å². The van der Waals surface area contributed by atoms with Crippen LogP contribution in [0.4, 0.5) is 0 Å². The van der Waals surface area contributed by atoms with Crippen molar-refractivity contribution in [1.82, 2.24) is 5.32 Å². The normalized spacial score (nSPS) is 12.0. The topological polar surface area (TPSA) is 55.4 Å². The van der Waals surface area contributed by atoms with Gasteiger partial charge in [0.25, 0.3) is 5.91 Å². The molecule has 1 rings (SSSR count). The second-order valence-corrected chi connectivity index (χ2v) is 5.75. The van der Waals surface area contributed by atoms with Gasteiger partial charge in [0.15, 0.2) is 0 Å². The van der Waals surface area contributed by atoms with Crippen molar-refractivity contribution < 1.29 is 14.3 Å². The molecule has 0 saturated heterocycles. The van der Waals surface area contributed by atoms with E-state index < -0.39 is 0 Å². The molecule has 1 N–H and O–H groups in total. The van der Waals surface area contributed by atoms with E-state index in [-0.39, 0.29) is 24.3 Å². The highest BCUT2D eigenvalue weighted by molar-refractivity contribution is 6.30. The molecule has 1 unspecified atom stereocenters. The Kier molecular flexibility index (Phi) is 7.23. The number of benzene rings is 1. The molecule has 5 heteroatoms. The van der Waals surface area contributed by atoms with E-state index in [1.54, 1.807) is 31.2 Å². The smallest absolute Gasteiger partial charge is 0.307 e. The van der Waals surface area contributed by atoms with Crippen molar-refractivity contribution in [2.24, 2.45) is 5.92 Å². The zero-order chi connectivity index (χ0) is 15.8. The summed E-state index contributed by atoms with van der Waals surface area (Å²) in [6.07, 6.45) is 0.906. The molecule has 116 valence electrons.